The molecular formula is C42H24BrN3O. The van der Waals surface area contributed by atoms with E-state index in [0.717, 1.165) is 76.1 Å². The minimum absolute atomic E-state index is 0.654. The summed E-state index contributed by atoms with van der Waals surface area (Å²) < 4.78 is 9.43. The van der Waals surface area contributed by atoms with Crippen LogP contribution in [0.2, 0.25) is 0 Å². The Hall–Kier alpha value is -5.78. The van der Waals surface area contributed by atoms with Gasteiger partial charge in [0.25, 0.3) is 0 Å². The van der Waals surface area contributed by atoms with Crippen molar-refractivity contribution in [2.75, 3.05) is 0 Å². The Balaban J connectivity index is 1.27. The topological polar surface area (TPSA) is 43.9 Å². The lowest BCUT2D eigenvalue weighted by molar-refractivity contribution is 0.669. The number of aromatic nitrogens is 3. The van der Waals surface area contributed by atoms with Crippen LogP contribution < -0.4 is 0 Å². The van der Waals surface area contributed by atoms with Gasteiger partial charge in [-0.25, -0.2) is 9.97 Å². The number of halogens is 1. The smallest absolute Gasteiger partial charge is 0.235 e. The Morgan fingerprint density at radius 1 is 0.489 bits per heavy atom. The van der Waals surface area contributed by atoms with E-state index in [1.54, 1.807) is 0 Å². The first-order valence-electron chi connectivity index (χ1n) is 15.6. The third-order valence-corrected chi connectivity index (χ3v) is 9.93. The molecule has 5 heteroatoms. The lowest BCUT2D eigenvalue weighted by Gasteiger charge is -2.12. The first-order valence-corrected chi connectivity index (χ1v) is 16.4. The molecule has 10 rings (SSSR count). The molecule has 220 valence electrons. The number of hydrogen-bond acceptors (Lipinski definition) is 3. The maximum atomic E-state index is 6.18. The third kappa shape index (κ3) is 4.00. The summed E-state index contributed by atoms with van der Waals surface area (Å²) in [6, 6.07) is 50.9. The van der Waals surface area contributed by atoms with Crippen molar-refractivity contribution in [1.29, 1.82) is 0 Å². The number of nitrogens with zero attached hydrogens (tertiary/aromatic N) is 3. The van der Waals surface area contributed by atoms with Gasteiger partial charge in [0.2, 0.25) is 5.95 Å². The Morgan fingerprint density at radius 2 is 1.23 bits per heavy atom. The Labute approximate surface area is 277 Å². The van der Waals surface area contributed by atoms with Crippen LogP contribution in [0.5, 0.6) is 0 Å². The zero-order valence-electron chi connectivity index (χ0n) is 25.0. The molecule has 0 atom stereocenters. The van der Waals surface area contributed by atoms with Gasteiger partial charge < -0.3 is 4.42 Å². The zero-order valence-corrected chi connectivity index (χ0v) is 26.6. The van der Waals surface area contributed by atoms with Crippen molar-refractivity contribution in [3.05, 3.63) is 150 Å². The van der Waals surface area contributed by atoms with Gasteiger partial charge in [-0.15, -0.1) is 0 Å². The van der Waals surface area contributed by atoms with E-state index in [0.29, 0.717) is 5.95 Å². The van der Waals surface area contributed by atoms with E-state index in [2.05, 4.69) is 136 Å². The van der Waals surface area contributed by atoms with Gasteiger partial charge in [0, 0.05) is 37.0 Å². The molecule has 4 nitrogen and oxygen atoms in total. The molecule has 0 amide bonds. The van der Waals surface area contributed by atoms with E-state index in [-0.39, 0.29) is 0 Å². The summed E-state index contributed by atoms with van der Waals surface area (Å²) in [5.74, 6) is 0.654. The van der Waals surface area contributed by atoms with Crippen molar-refractivity contribution in [3.8, 4) is 28.3 Å². The van der Waals surface area contributed by atoms with E-state index >= 15 is 0 Å². The monoisotopic (exact) mass is 665 g/mol. The molecule has 0 aliphatic carbocycles. The predicted octanol–water partition coefficient (Wildman–Crippen LogP) is 11.9. The highest BCUT2D eigenvalue weighted by atomic mass is 79.9. The SMILES string of the molecule is Brc1cccc2oc3ccc(-c4ccc5c(c4)c4c6ccccc6ccc4n5-c4nc(-c5ccccc5)c5ccccc5n4)cc3c12. The highest BCUT2D eigenvalue weighted by Crippen LogP contribution is 2.41. The van der Waals surface area contributed by atoms with Crippen LogP contribution in [0, 0.1) is 0 Å². The zero-order chi connectivity index (χ0) is 31.1. The number of rotatable bonds is 3. The fourth-order valence-corrected chi connectivity index (χ4v) is 7.69. The summed E-state index contributed by atoms with van der Waals surface area (Å²) in [6.07, 6.45) is 0. The van der Waals surface area contributed by atoms with E-state index in [4.69, 9.17) is 14.4 Å². The van der Waals surface area contributed by atoms with E-state index < -0.39 is 0 Å². The predicted molar refractivity (Wildman–Crippen MR) is 197 cm³/mol. The Kier molecular flexibility index (Phi) is 5.69. The van der Waals surface area contributed by atoms with Crippen molar-refractivity contribution in [1.82, 2.24) is 14.5 Å². The summed E-state index contributed by atoms with van der Waals surface area (Å²) in [5, 5.41) is 7.97. The van der Waals surface area contributed by atoms with Gasteiger partial charge in [-0.05, 0) is 70.4 Å². The van der Waals surface area contributed by atoms with Crippen LogP contribution in [0.1, 0.15) is 0 Å². The van der Waals surface area contributed by atoms with Crippen LogP contribution in [-0.4, -0.2) is 14.5 Å². The highest BCUT2D eigenvalue weighted by Gasteiger charge is 2.20. The second-order valence-corrected chi connectivity index (χ2v) is 12.8. The molecule has 0 spiro atoms. The van der Waals surface area contributed by atoms with Crippen molar-refractivity contribution in [3.63, 3.8) is 0 Å². The van der Waals surface area contributed by atoms with E-state index in [1.807, 2.05) is 30.3 Å². The molecule has 7 aromatic carbocycles. The highest BCUT2D eigenvalue weighted by molar-refractivity contribution is 9.10. The molecule has 3 aromatic heterocycles. The molecular weight excluding hydrogens is 642 g/mol. The maximum Gasteiger partial charge on any atom is 0.235 e. The van der Waals surface area contributed by atoms with Gasteiger partial charge in [0.15, 0.2) is 0 Å². The molecule has 0 bridgehead atoms. The lowest BCUT2D eigenvalue weighted by atomic mass is 9.99. The molecule has 0 unspecified atom stereocenters. The van der Waals surface area contributed by atoms with Gasteiger partial charge in [-0.2, -0.15) is 0 Å². The van der Waals surface area contributed by atoms with Gasteiger partial charge >= 0.3 is 0 Å². The van der Waals surface area contributed by atoms with Crippen molar-refractivity contribution >= 4 is 81.3 Å². The molecule has 0 aliphatic rings. The number of benzene rings is 7. The second kappa shape index (κ2) is 10.1. The minimum atomic E-state index is 0.654. The Bertz CT molecular complexity index is 2870. The largest absolute Gasteiger partial charge is 0.456 e. The van der Waals surface area contributed by atoms with Gasteiger partial charge in [-0.1, -0.05) is 113 Å². The molecule has 3 heterocycles. The quantitative estimate of drug-likeness (QED) is 0.189. The summed E-state index contributed by atoms with van der Waals surface area (Å²) in [5.41, 5.74) is 9.06. The van der Waals surface area contributed by atoms with Gasteiger partial charge in [0.05, 0.1) is 22.2 Å². The van der Waals surface area contributed by atoms with Crippen molar-refractivity contribution in [2.24, 2.45) is 0 Å². The first kappa shape index (κ1) is 26.4. The van der Waals surface area contributed by atoms with Crippen LogP contribution in [0.3, 0.4) is 0 Å². The number of para-hydroxylation sites is 1. The fraction of sp³-hybridized carbons (Fsp3) is 0. The summed E-state index contributed by atoms with van der Waals surface area (Å²) in [7, 11) is 0. The van der Waals surface area contributed by atoms with Crippen LogP contribution in [-0.2, 0) is 0 Å². The maximum absolute atomic E-state index is 6.18. The molecule has 10 aromatic rings. The molecule has 0 N–H and O–H groups in total. The van der Waals surface area contributed by atoms with Gasteiger partial charge in [0.1, 0.15) is 11.2 Å². The fourth-order valence-electron chi connectivity index (χ4n) is 7.13. The average molecular weight is 667 g/mol. The van der Waals surface area contributed by atoms with E-state index in [9.17, 15) is 0 Å². The minimum Gasteiger partial charge on any atom is -0.456 e. The average Bonchev–Trinajstić information content (AvgIpc) is 3.67. The summed E-state index contributed by atoms with van der Waals surface area (Å²) in [4.78, 5) is 10.4. The third-order valence-electron chi connectivity index (χ3n) is 9.27. The molecule has 47 heavy (non-hydrogen) atoms. The second-order valence-electron chi connectivity index (χ2n) is 11.9. The standard InChI is InChI=1S/C42H24BrN3O/c43-33-14-8-16-38-40(33)32-24-28(19-22-37(32)47-38)27-18-20-35-31(23-27)39-29-12-5-4-9-25(29)17-21-36(39)46(35)42-44-34-15-7-6-13-30(34)41(45-42)26-10-2-1-3-11-26/h1-24H. The molecule has 0 fully saturated rings. The Morgan fingerprint density at radius 3 is 2.13 bits per heavy atom. The summed E-state index contributed by atoms with van der Waals surface area (Å²) >= 11 is 3.75. The molecule has 0 saturated heterocycles. The lowest BCUT2D eigenvalue weighted by Crippen LogP contribution is -2.03. The normalized spacial score (nSPS) is 11.9. The molecule has 0 saturated carbocycles. The van der Waals surface area contributed by atoms with E-state index in [1.165, 1.54) is 16.2 Å². The number of hydrogen-bond donors (Lipinski definition) is 0. The van der Waals surface area contributed by atoms with Crippen LogP contribution in [0.25, 0.3) is 93.8 Å². The first-order chi connectivity index (χ1) is 23.2. The van der Waals surface area contributed by atoms with Crippen molar-refractivity contribution < 1.29 is 4.42 Å². The summed E-state index contributed by atoms with van der Waals surface area (Å²) in [6.45, 7) is 0. The molecule has 0 aliphatic heterocycles. The molecule has 0 radical (unpaired) electrons. The van der Waals surface area contributed by atoms with Crippen molar-refractivity contribution in [2.45, 2.75) is 0 Å². The van der Waals surface area contributed by atoms with Crippen LogP contribution in [0.4, 0.5) is 0 Å². The van der Waals surface area contributed by atoms with Gasteiger partial charge in [-0.3, -0.25) is 4.57 Å². The number of fused-ring (bicyclic) bond motifs is 9. The van der Waals surface area contributed by atoms with Crippen LogP contribution in [0.15, 0.2) is 154 Å². The van der Waals surface area contributed by atoms with Crippen LogP contribution >= 0.6 is 15.9 Å². The number of furan rings is 1.